The fourth-order valence-corrected chi connectivity index (χ4v) is 1.27. The summed E-state index contributed by atoms with van der Waals surface area (Å²) in [7, 11) is 0. The molecule has 0 aliphatic carbocycles. The van der Waals surface area contributed by atoms with E-state index in [1.165, 1.54) is 6.20 Å². The van der Waals surface area contributed by atoms with Crippen LogP contribution in [0.1, 0.15) is 10.5 Å². The topological polar surface area (TPSA) is 75.2 Å². The molecule has 0 radical (unpaired) electrons. The van der Waals surface area contributed by atoms with Gasteiger partial charge < -0.3 is 14.8 Å². The molecule has 0 saturated heterocycles. The number of halogens is 1. The standard InChI is InChI=1S/C10H7ClN2O3/c11-6-3-1-2-4-8(6)16-10-12-5-7(13-10)9(14)15/h1-5H,(H,12,13)(H,14,15). The molecule has 0 fully saturated rings. The third-order valence-electron chi connectivity index (χ3n) is 1.83. The molecule has 1 heterocycles. The number of benzene rings is 1. The third kappa shape index (κ3) is 2.14. The smallest absolute Gasteiger partial charge is 0.354 e. The Kier molecular flexibility index (Phi) is 2.78. The molecule has 2 aromatic rings. The average Bonchev–Trinajstić information content (AvgIpc) is 2.70. The van der Waals surface area contributed by atoms with Crippen LogP contribution in [-0.2, 0) is 0 Å². The van der Waals surface area contributed by atoms with Gasteiger partial charge in [-0.3, -0.25) is 0 Å². The number of aromatic carboxylic acids is 1. The van der Waals surface area contributed by atoms with Crippen LogP contribution in [0.3, 0.4) is 0 Å². The van der Waals surface area contributed by atoms with E-state index < -0.39 is 5.97 Å². The maximum atomic E-state index is 10.6. The Bertz CT molecular complexity index is 524. The molecule has 5 nitrogen and oxygen atoms in total. The summed E-state index contributed by atoms with van der Waals surface area (Å²) in [5.74, 6) is -0.683. The van der Waals surface area contributed by atoms with Crippen molar-refractivity contribution in [3.8, 4) is 11.8 Å². The van der Waals surface area contributed by atoms with Crippen molar-refractivity contribution in [1.29, 1.82) is 0 Å². The number of carboxylic acid groups (broad SMARTS) is 1. The van der Waals surface area contributed by atoms with E-state index in [-0.39, 0.29) is 11.7 Å². The number of aromatic amines is 1. The van der Waals surface area contributed by atoms with Crippen molar-refractivity contribution < 1.29 is 14.6 Å². The zero-order chi connectivity index (χ0) is 11.5. The Morgan fingerprint density at radius 2 is 2.19 bits per heavy atom. The van der Waals surface area contributed by atoms with Gasteiger partial charge in [-0.15, -0.1) is 0 Å². The van der Waals surface area contributed by atoms with E-state index >= 15 is 0 Å². The maximum absolute atomic E-state index is 10.6. The van der Waals surface area contributed by atoms with Crippen molar-refractivity contribution in [1.82, 2.24) is 9.97 Å². The summed E-state index contributed by atoms with van der Waals surface area (Å²) < 4.78 is 5.28. The van der Waals surface area contributed by atoms with Crippen molar-refractivity contribution >= 4 is 17.6 Å². The number of imidazole rings is 1. The second kappa shape index (κ2) is 4.24. The molecule has 1 aromatic heterocycles. The zero-order valence-electron chi connectivity index (χ0n) is 7.98. The van der Waals surface area contributed by atoms with Crippen LogP contribution in [0.4, 0.5) is 0 Å². The lowest BCUT2D eigenvalue weighted by Gasteiger charge is -2.02. The molecule has 0 atom stereocenters. The monoisotopic (exact) mass is 238 g/mol. The minimum atomic E-state index is -1.10. The van der Waals surface area contributed by atoms with Crippen LogP contribution in [0.15, 0.2) is 30.5 Å². The number of nitrogens with one attached hydrogen (secondary N) is 1. The van der Waals surface area contributed by atoms with E-state index in [2.05, 4.69) is 9.97 Å². The summed E-state index contributed by atoms with van der Waals surface area (Å²) >= 11 is 5.86. The lowest BCUT2D eigenvalue weighted by molar-refractivity contribution is 0.0690. The first kappa shape index (κ1) is 10.5. The Balaban J connectivity index is 2.21. The molecule has 2 N–H and O–H groups in total. The van der Waals surface area contributed by atoms with E-state index in [1.807, 2.05) is 0 Å². The predicted molar refractivity (Wildman–Crippen MR) is 57.1 cm³/mol. The van der Waals surface area contributed by atoms with Gasteiger partial charge in [-0.1, -0.05) is 23.7 Å². The molecule has 82 valence electrons. The molecular weight excluding hydrogens is 232 g/mol. The highest BCUT2D eigenvalue weighted by Gasteiger charge is 2.09. The number of carboxylic acids is 1. The molecule has 0 aliphatic heterocycles. The summed E-state index contributed by atoms with van der Waals surface area (Å²) in [6.45, 7) is 0. The van der Waals surface area contributed by atoms with Gasteiger partial charge in [0.05, 0.1) is 11.2 Å². The van der Waals surface area contributed by atoms with E-state index in [4.69, 9.17) is 21.4 Å². The van der Waals surface area contributed by atoms with Gasteiger partial charge in [0, 0.05) is 0 Å². The van der Waals surface area contributed by atoms with Crippen molar-refractivity contribution in [2.45, 2.75) is 0 Å². The summed E-state index contributed by atoms with van der Waals surface area (Å²) in [6, 6.07) is 6.93. The number of ether oxygens (including phenoxy) is 1. The largest absolute Gasteiger partial charge is 0.477 e. The SMILES string of the molecule is O=C(O)c1cnc(Oc2ccccc2Cl)[nH]1. The van der Waals surface area contributed by atoms with E-state index in [9.17, 15) is 4.79 Å². The van der Waals surface area contributed by atoms with E-state index in [0.717, 1.165) is 0 Å². The van der Waals surface area contributed by atoms with Crippen LogP contribution in [0.25, 0.3) is 0 Å². The number of rotatable bonds is 3. The Hall–Kier alpha value is -2.01. The quantitative estimate of drug-likeness (QED) is 0.862. The van der Waals surface area contributed by atoms with Gasteiger partial charge in [-0.05, 0) is 12.1 Å². The minimum absolute atomic E-state index is 0.0398. The highest BCUT2D eigenvalue weighted by molar-refractivity contribution is 6.32. The minimum Gasteiger partial charge on any atom is -0.477 e. The molecular formula is C10H7ClN2O3. The molecule has 0 aliphatic rings. The van der Waals surface area contributed by atoms with Crippen LogP contribution >= 0.6 is 11.6 Å². The summed E-state index contributed by atoms with van der Waals surface area (Å²) in [4.78, 5) is 16.8. The van der Waals surface area contributed by atoms with E-state index in [1.54, 1.807) is 24.3 Å². The number of para-hydroxylation sites is 1. The first-order chi connectivity index (χ1) is 7.66. The first-order valence-electron chi connectivity index (χ1n) is 4.37. The second-order valence-corrected chi connectivity index (χ2v) is 3.35. The van der Waals surface area contributed by atoms with Gasteiger partial charge in [-0.2, -0.15) is 0 Å². The number of hydrogen-bond donors (Lipinski definition) is 2. The van der Waals surface area contributed by atoms with Crippen molar-refractivity contribution in [2.75, 3.05) is 0 Å². The van der Waals surface area contributed by atoms with Gasteiger partial charge in [0.2, 0.25) is 0 Å². The van der Waals surface area contributed by atoms with Gasteiger partial charge in [0.25, 0.3) is 6.01 Å². The molecule has 0 saturated carbocycles. The second-order valence-electron chi connectivity index (χ2n) is 2.94. The normalized spacial score (nSPS) is 10.1. The molecule has 0 bridgehead atoms. The molecule has 0 unspecified atom stereocenters. The van der Waals surface area contributed by atoms with Crippen LogP contribution in [-0.4, -0.2) is 21.0 Å². The predicted octanol–water partition coefficient (Wildman–Crippen LogP) is 2.55. The van der Waals surface area contributed by atoms with Gasteiger partial charge in [0.15, 0.2) is 0 Å². The molecule has 2 rings (SSSR count). The van der Waals surface area contributed by atoms with Crippen LogP contribution < -0.4 is 4.74 Å². The summed E-state index contributed by atoms with van der Waals surface area (Å²) in [5.41, 5.74) is -0.0398. The Morgan fingerprint density at radius 1 is 1.44 bits per heavy atom. The summed E-state index contributed by atoms with van der Waals surface area (Å²) in [6.07, 6.45) is 1.18. The number of carbonyl (C=O) groups is 1. The highest BCUT2D eigenvalue weighted by Crippen LogP contribution is 2.26. The Labute approximate surface area is 95.7 Å². The Morgan fingerprint density at radius 3 is 2.81 bits per heavy atom. The lowest BCUT2D eigenvalue weighted by Crippen LogP contribution is -1.95. The average molecular weight is 239 g/mol. The van der Waals surface area contributed by atoms with Gasteiger partial charge in [0.1, 0.15) is 11.4 Å². The van der Waals surface area contributed by atoms with Crippen molar-refractivity contribution in [3.63, 3.8) is 0 Å². The molecule has 1 aromatic carbocycles. The van der Waals surface area contributed by atoms with Crippen molar-refractivity contribution in [2.24, 2.45) is 0 Å². The molecule has 0 amide bonds. The highest BCUT2D eigenvalue weighted by atomic mass is 35.5. The molecule has 6 heteroatoms. The number of hydrogen-bond acceptors (Lipinski definition) is 3. The van der Waals surface area contributed by atoms with Crippen LogP contribution in [0, 0.1) is 0 Å². The maximum Gasteiger partial charge on any atom is 0.354 e. The number of aromatic nitrogens is 2. The lowest BCUT2D eigenvalue weighted by atomic mass is 10.3. The van der Waals surface area contributed by atoms with E-state index in [0.29, 0.717) is 10.8 Å². The fraction of sp³-hybridized carbons (Fsp3) is 0. The zero-order valence-corrected chi connectivity index (χ0v) is 8.73. The number of nitrogens with zero attached hydrogens (tertiary/aromatic N) is 1. The first-order valence-corrected chi connectivity index (χ1v) is 4.75. The van der Waals surface area contributed by atoms with Crippen molar-refractivity contribution in [3.05, 3.63) is 41.2 Å². The van der Waals surface area contributed by atoms with Gasteiger partial charge >= 0.3 is 5.97 Å². The number of H-pyrrole nitrogens is 1. The van der Waals surface area contributed by atoms with Crippen LogP contribution in [0.2, 0.25) is 5.02 Å². The van der Waals surface area contributed by atoms with Gasteiger partial charge in [-0.25, -0.2) is 9.78 Å². The fourth-order valence-electron chi connectivity index (χ4n) is 1.10. The third-order valence-corrected chi connectivity index (χ3v) is 2.14. The summed E-state index contributed by atoms with van der Waals surface area (Å²) in [5, 5.41) is 9.09. The molecule has 0 spiro atoms. The van der Waals surface area contributed by atoms with Crippen LogP contribution in [0.5, 0.6) is 11.8 Å². The molecule has 16 heavy (non-hydrogen) atoms.